The predicted octanol–water partition coefficient (Wildman–Crippen LogP) is 0.0725. The third kappa shape index (κ3) is 1.56. The highest BCUT2D eigenvalue weighted by molar-refractivity contribution is 5.85. The van der Waals surface area contributed by atoms with Crippen LogP contribution in [0.5, 0.6) is 0 Å². The first-order valence-corrected chi connectivity index (χ1v) is 2.59. The van der Waals surface area contributed by atoms with Crippen molar-refractivity contribution >= 4 is 18.4 Å². The molecule has 1 rings (SSSR count). The van der Waals surface area contributed by atoms with E-state index in [0.717, 1.165) is 0 Å². The van der Waals surface area contributed by atoms with E-state index >= 15 is 0 Å². The fourth-order valence-electron chi connectivity index (χ4n) is 0.623. The van der Waals surface area contributed by atoms with Crippen LogP contribution in [0.3, 0.4) is 0 Å². The maximum absolute atomic E-state index is 10.5. The van der Waals surface area contributed by atoms with Crippen LogP contribution in [-0.2, 0) is 9.53 Å². The van der Waals surface area contributed by atoms with Crippen molar-refractivity contribution in [2.75, 3.05) is 6.61 Å². The van der Waals surface area contributed by atoms with Crippen LogP contribution in [0.1, 0.15) is 13.3 Å². The summed E-state index contributed by atoms with van der Waals surface area (Å²) in [4.78, 5) is 10.5. The normalized spacial score (nSPS) is 33.3. The van der Waals surface area contributed by atoms with Gasteiger partial charge in [-0.3, -0.25) is 4.79 Å². The summed E-state index contributed by atoms with van der Waals surface area (Å²) in [6, 6.07) is 0. The van der Waals surface area contributed by atoms with E-state index < -0.39 is 5.54 Å². The van der Waals surface area contributed by atoms with E-state index in [0.29, 0.717) is 13.0 Å². The SMILES string of the molecule is CC1(N)CCOC1=O.Cl. The Morgan fingerprint density at radius 2 is 2.33 bits per heavy atom. The Kier molecular flexibility index (Phi) is 2.46. The van der Waals surface area contributed by atoms with Crippen LogP contribution in [0.25, 0.3) is 0 Å². The summed E-state index contributed by atoms with van der Waals surface area (Å²) in [5, 5.41) is 0. The van der Waals surface area contributed by atoms with Gasteiger partial charge in [0.1, 0.15) is 5.54 Å². The molecular formula is C5H10ClNO2. The number of cyclic esters (lactones) is 1. The summed E-state index contributed by atoms with van der Waals surface area (Å²) >= 11 is 0. The van der Waals surface area contributed by atoms with E-state index in [1.165, 1.54) is 0 Å². The number of ether oxygens (including phenoxy) is 1. The number of esters is 1. The van der Waals surface area contributed by atoms with Crippen LogP contribution in [-0.4, -0.2) is 18.1 Å². The van der Waals surface area contributed by atoms with Crippen LogP contribution in [0.15, 0.2) is 0 Å². The Balaban J connectivity index is 0.000000640. The lowest BCUT2D eigenvalue weighted by Gasteiger charge is -2.08. The monoisotopic (exact) mass is 151 g/mol. The Labute approximate surface area is 60.0 Å². The Hall–Kier alpha value is -0.280. The molecule has 1 atom stereocenters. The molecule has 4 heteroatoms. The molecule has 0 aromatic carbocycles. The van der Waals surface area contributed by atoms with Crippen molar-refractivity contribution in [2.45, 2.75) is 18.9 Å². The van der Waals surface area contributed by atoms with Gasteiger partial charge in [-0.15, -0.1) is 12.4 Å². The predicted molar refractivity (Wildman–Crippen MR) is 35.4 cm³/mol. The number of carbonyl (C=O) groups excluding carboxylic acids is 1. The molecule has 1 heterocycles. The third-order valence-electron chi connectivity index (χ3n) is 1.32. The molecule has 0 spiro atoms. The van der Waals surface area contributed by atoms with Gasteiger partial charge in [0.2, 0.25) is 0 Å². The molecule has 1 aliphatic rings. The summed E-state index contributed by atoms with van der Waals surface area (Å²) in [6.45, 7) is 2.16. The van der Waals surface area contributed by atoms with Crippen LogP contribution < -0.4 is 5.73 Å². The van der Waals surface area contributed by atoms with Gasteiger partial charge in [-0.25, -0.2) is 0 Å². The van der Waals surface area contributed by atoms with Gasteiger partial charge in [0.05, 0.1) is 6.61 Å². The number of rotatable bonds is 0. The molecule has 0 amide bonds. The highest BCUT2D eigenvalue weighted by atomic mass is 35.5. The number of nitrogens with two attached hydrogens (primary N) is 1. The second-order valence-corrected chi connectivity index (χ2v) is 2.30. The van der Waals surface area contributed by atoms with Crippen molar-refractivity contribution < 1.29 is 9.53 Å². The van der Waals surface area contributed by atoms with E-state index in [4.69, 9.17) is 5.73 Å². The molecule has 1 aliphatic heterocycles. The molecule has 1 fully saturated rings. The molecule has 2 N–H and O–H groups in total. The van der Waals surface area contributed by atoms with Gasteiger partial charge < -0.3 is 10.5 Å². The van der Waals surface area contributed by atoms with Gasteiger partial charge in [-0.05, 0) is 6.92 Å². The Morgan fingerprint density at radius 3 is 2.44 bits per heavy atom. The summed E-state index contributed by atoms with van der Waals surface area (Å²) in [7, 11) is 0. The van der Waals surface area contributed by atoms with Gasteiger partial charge in [0.15, 0.2) is 0 Å². The van der Waals surface area contributed by atoms with Crippen molar-refractivity contribution in [3.8, 4) is 0 Å². The van der Waals surface area contributed by atoms with Crippen molar-refractivity contribution in [1.29, 1.82) is 0 Å². The zero-order valence-electron chi connectivity index (χ0n) is 5.22. The minimum atomic E-state index is -0.708. The van der Waals surface area contributed by atoms with Crippen molar-refractivity contribution in [3.63, 3.8) is 0 Å². The average Bonchev–Trinajstić information content (AvgIpc) is 1.86. The smallest absolute Gasteiger partial charge is 0.325 e. The van der Waals surface area contributed by atoms with Crippen LogP contribution in [0, 0.1) is 0 Å². The standard InChI is InChI=1S/C5H9NO2.ClH/c1-5(6)2-3-8-4(5)7;/h2-3,6H2,1H3;1H. The summed E-state index contributed by atoms with van der Waals surface area (Å²) in [5.41, 5.74) is 4.74. The number of hydrogen-bond donors (Lipinski definition) is 1. The first-order chi connectivity index (χ1) is 3.63. The molecule has 54 valence electrons. The molecule has 3 nitrogen and oxygen atoms in total. The van der Waals surface area contributed by atoms with Gasteiger partial charge in [0.25, 0.3) is 0 Å². The first kappa shape index (κ1) is 8.72. The van der Waals surface area contributed by atoms with E-state index in [9.17, 15) is 4.79 Å². The maximum Gasteiger partial charge on any atom is 0.325 e. The van der Waals surface area contributed by atoms with E-state index in [1.807, 2.05) is 0 Å². The zero-order valence-corrected chi connectivity index (χ0v) is 6.03. The third-order valence-corrected chi connectivity index (χ3v) is 1.32. The lowest BCUT2D eigenvalue weighted by atomic mass is 10.0. The molecule has 0 bridgehead atoms. The molecule has 0 radical (unpaired) electrons. The van der Waals surface area contributed by atoms with E-state index in [2.05, 4.69) is 4.74 Å². The summed E-state index contributed by atoms with van der Waals surface area (Å²) in [5.74, 6) is -0.280. The van der Waals surface area contributed by atoms with Gasteiger partial charge >= 0.3 is 5.97 Å². The van der Waals surface area contributed by atoms with Gasteiger partial charge in [0, 0.05) is 6.42 Å². The maximum atomic E-state index is 10.5. The van der Waals surface area contributed by atoms with Gasteiger partial charge in [-0.2, -0.15) is 0 Å². The quantitative estimate of drug-likeness (QED) is 0.499. The fourth-order valence-corrected chi connectivity index (χ4v) is 0.623. The topological polar surface area (TPSA) is 52.3 Å². The van der Waals surface area contributed by atoms with Crippen molar-refractivity contribution in [3.05, 3.63) is 0 Å². The second-order valence-electron chi connectivity index (χ2n) is 2.30. The van der Waals surface area contributed by atoms with Crippen LogP contribution in [0.4, 0.5) is 0 Å². The first-order valence-electron chi connectivity index (χ1n) is 2.59. The fraction of sp³-hybridized carbons (Fsp3) is 0.800. The molecule has 0 saturated carbocycles. The number of hydrogen-bond acceptors (Lipinski definition) is 3. The van der Waals surface area contributed by atoms with E-state index in [1.54, 1.807) is 6.92 Å². The highest BCUT2D eigenvalue weighted by Gasteiger charge is 2.35. The minimum Gasteiger partial charge on any atom is -0.464 e. The Bertz CT molecular complexity index is 124. The molecule has 0 aromatic rings. The molecule has 1 unspecified atom stereocenters. The number of halogens is 1. The Morgan fingerprint density at radius 1 is 1.78 bits per heavy atom. The van der Waals surface area contributed by atoms with Crippen molar-refractivity contribution in [1.82, 2.24) is 0 Å². The largest absolute Gasteiger partial charge is 0.464 e. The second kappa shape index (κ2) is 2.54. The number of carbonyl (C=O) groups is 1. The molecule has 0 aromatic heterocycles. The van der Waals surface area contributed by atoms with Crippen LogP contribution in [0.2, 0.25) is 0 Å². The summed E-state index contributed by atoms with van der Waals surface area (Å²) < 4.78 is 4.60. The molecule has 1 saturated heterocycles. The molecule has 0 aliphatic carbocycles. The average molecular weight is 152 g/mol. The lowest BCUT2D eigenvalue weighted by Crippen LogP contribution is -2.40. The molecule has 9 heavy (non-hydrogen) atoms. The summed E-state index contributed by atoms with van der Waals surface area (Å²) in [6.07, 6.45) is 0.645. The molecular weight excluding hydrogens is 142 g/mol. The van der Waals surface area contributed by atoms with Crippen molar-refractivity contribution in [2.24, 2.45) is 5.73 Å². The van der Waals surface area contributed by atoms with Gasteiger partial charge in [-0.1, -0.05) is 0 Å². The van der Waals surface area contributed by atoms with E-state index in [-0.39, 0.29) is 18.4 Å². The minimum absolute atomic E-state index is 0. The van der Waals surface area contributed by atoms with Crippen LogP contribution >= 0.6 is 12.4 Å². The lowest BCUT2D eigenvalue weighted by molar-refractivity contribution is -0.141. The highest BCUT2D eigenvalue weighted by Crippen LogP contribution is 2.14. The zero-order chi connectivity index (χ0) is 6.20.